The maximum absolute atomic E-state index is 12.5. The number of non-ortho nitro benzene ring substituents is 1. The van der Waals surface area contributed by atoms with Crippen LogP contribution in [0.2, 0.25) is 0 Å². The van der Waals surface area contributed by atoms with E-state index in [1.807, 2.05) is 38.1 Å². The second kappa shape index (κ2) is 8.23. The molecule has 0 aliphatic carbocycles. The molecule has 1 aromatic heterocycles. The Bertz CT molecular complexity index is 1170. The van der Waals surface area contributed by atoms with Crippen molar-refractivity contribution in [2.75, 3.05) is 5.32 Å². The molecule has 0 radical (unpaired) electrons. The summed E-state index contributed by atoms with van der Waals surface area (Å²) >= 11 is 0. The van der Waals surface area contributed by atoms with Gasteiger partial charge in [0.05, 0.1) is 4.92 Å². The molecule has 0 spiro atoms. The molecule has 1 amide bonds. The molecule has 2 aromatic carbocycles. The molecule has 7 heteroatoms. The van der Waals surface area contributed by atoms with Gasteiger partial charge in [-0.1, -0.05) is 24.3 Å². The molecule has 3 rings (SSSR count). The molecule has 0 bridgehead atoms. The fraction of sp³-hybridized carbons (Fsp3) is 0.0909. The van der Waals surface area contributed by atoms with E-state index in [9.17, 15) is 20.2 Å². The lowest BCUT2D eigenvalue weighted by Crippen LogP contribution is -2.14. The summed E-state index contributed by atoms with van der Waals surface area (Å²) < 4.78 is 5.65. The van der Waals surface area contributed by atoms with Gasteiger partial charge in [-0.25, -0.2) is 0 Å². The van der Waals surface area contributed by atoms with Crippen molar-refractivity contribution < 1.29 is 14.1 Å². The summed E-state index contributed by atoms with van der Waals surface area (Å²) in [7, 11) is 0. The number of nitro groups is 1. The Morgan fingerprint density at radius 3 is 2.69 bits per heavy atom. The van der Waals surface area contributed by atoms with E-state index in [1.165, 1.54) is 18.2 Å². The normalized spacial score (nSPS) is 11.0. The van der Waals surface area contributed by atoms with Gasteiger partial charge >= 0.3 is 0 Å². The summed E-state index contributed by atoms with van der Waals surface area (Å²) in [5, 5.41) is 23.0. The van der Waals surface area contributed by atoms with Crippen LogP contribution >= 0.6 is 0 Å². The lowest BCUT2D eigenvalue weighted by Gasteiger charge is -2.08. The van der Waals surface area contributed by atoms with Gasteiger partial charge in [-0.2, -0.15) is 5.26 Å². The van der Waals surface area contributed by atoms with Crippen LogP contribution in [0.1, 0.15) is 16.9 Å². The topological polar surface area (TPSA) is 109 Å². The smallest absolute Gasteiger partial charge is 0.270 e. The van der Waals surface area contributed by atoms with Crippen LogP contribution in [0.15, 0.2) is 64.6 Å². The molecular formula is C22H17N3O4. The molecule has 7 nitrogen and oxygen atoms in total. The summed E-state index contributed by atoms with van der Waals surface area (Å²) in [5.41, 5.74) is 2.85. The number of anilines is 1. The van der Waals surface area contributed by atoms with Crippen LogP contribution in [0.3, 0.4) is 0 Å². The number of nitriles is 1. The average Bonchev–Trinajstić information content (AvgIpc) is 3.17. The molecule has 1 heterocycles. The number of amides is 1. The molecule has 0 unspecified atom stereocenters. The third-order valence-corrected chi connectivity index (χ3v) is 4.26. The third-order valence-electron chi connectivity index (χ3n) is 4.26. The summed E-state index contributed by atoms with van der Waals surface area (Å²) in [6, 6.07) is 16.8. The Kier molecular flexibility index (Phi) is 5.56. The van der Waals surface area contributed by atoms with Gasteiger partial charge in [-0.3, -0.25) is 14.9 Å². The zero-order valence-electron chi connectivity index (χ0n) is 15.8. The Balaban J connectivity index is 1.84. The predicted molar refractivity (Wildman–Crippen MR) is 109 cm³/mol. The number of hydrogen-bond acceptors (Lipinski definition) is 5. The molecule has 0 saturated carbocycles. The lowest BCUT2D eigenvalue weighted by molar-refractivity contribution is -0.384. The molecular weight excluding hydrogens is 370 g/mol. The van der Waals surface area contributed by atoms with E-state index in [2.05, 4.69) is 5.32 Å². The van der Waals surface area contributed by atoms with Gasteiger partial charge in [0.25, 0.3) is 11.6 Å². The number of furan rings is 1. The average molecular weight is 387 g/mol. The second-order valence-corrected chi connectivity index (χ2v) is 6.45. The minimum Gasteiger partial charge on any atom is -0.457 e. The highest BCUT2D eigenvalue weighted by atomic mass is 16.6. The first-order chi connectivity index (χ1) is 13.9. The van der Waals surface area contributed by atoms with Gasteiger partial charge in [-0.15, -0.1) is 0 Å². The number of benzene rings is 2. The van der Waals surface area contributed by atoms with Crippen molar-refractivity contribution in [3.05, 3.63) is 87.2 Å². The van der Waals surface area contributed by atoms with E-state index < -0.39 is 10.8 Å². The Labute approximate surface area is 167 Å². The zero-order valence-corrected chi connectivity index (χ0v) is 15.8. The molecule has 144 valence electrons. The van der Waals surface area contributed by atoms with Crippen LogP contribution in [0.25, 0.3) is 17.4 Å². The van der Waals surface area contributed by atoms with E-state index in [0.29, 0.717) is 22.8 Å². The SMILES string of the molecule is Cc1ccc(C)c(NC(=O)/C(C#N)=C/c2ccc(-c3cccc([N+](=O)[O-])c3)o2)c1. The Hall–Kier alpha value is -4.18. The summed E-state index contributed by atoms with van der Waals surface area (Å²) in [6.45, 7) is 3.77. The van der Waals surface area contributed by atoms with Crippen LogP contribution in [-0.2, 0) is 4.79 Å². The van der Waals surface area contributed by atoms with E-state index in [-0.39, 0.29) is 11.3 Å². The Morgan fingerprint density at radius 1 is 1.17 bits per heavy atom. The first kappa shape index (κ1) is 19.6. The van der Waals surface area contributed by atoms with E-state index in [4.69, 9.17) is 4.42 Å². The van der Waals surface area contributed by atoms with E-state index in [1.54, 1.807) is 24.3 Å². The molecule has 29 heavy (non-hydrogen) atoms. The van der Waals surface area contributed by atoms with Gasteiger partial charge in [-0.05, 0) is 43.2 Å². The largest absolute Gasteiger partial charge is 0.457 e. The lowest BCUT2D eigenvalue weighted by atomic mass is 10.1. The number of nitrogens with one attached hydrogen (secondary N) is 1. The Morgan fingerprint density at radius 2 is 1.97 bits per heavy atom. The van der Waals surface area contributed by atoms with Crippen molar-refractivity contribution in [2.45, 2.75) is 13.8 Å². The standard InChI is InChI=1S/C22H17N3O4/c1-14-6-7-15(2)20(10-14)24-22(26)17(13-23)12-19-8-9-21(29-19)16-4-3-5-18(11-16)25(27)28/h3-12H,1-2H3,(H,24,26)/b17-12+. The highest BCUT2D eigenvalue weighted by Crippen LogP contribution is 2.27. The molecule has 0 fully saturated rings. The number of aryl methyl sites for hydroxylation is 2. The van der Waals surface area contributed by atoms with Crippen molar-refractivity contribution in [3.8, 4) is 17.4 Å². The van der Waals surface area contributed by atoms with Crippen LogP contribution in [0, 0.1) is 35.3 Å². The number of hydrogen-bond donors (Lipinski definition) is 1. The third kappa shape index (κ3) is 4.57. The van der Waals surface area contributed by atoms with Gasteiger partial charge < -0.3 is 9.73 Å². The maximum Gasteiger partial charge on any atom is 0.270 e. The number of carbonyl (C=O) groups is 1. The quantitative estimate of drug-likeness (QED) is 0.286. The second-order valence-electron chi connectivity index (χ2n) is 6.45. The zero-order chi connectivity index (χ0) is 21.0. The first-order valence-corrected chi connectivity index (χ1v) is 8.72. The van der Waals surface area contributed by atoms with Crippen LogP contribution in [0.5, 0.6) is 0 Å². The minimum absolute atomic E-state index is 0.0541. The van der Waals surface area contributed by atoms with Crippen molar-refractivity contribution in [1.29, 1.82) is 5.26 Å². The van der Waals surface area contributed by atoms with Gasteiger partial charge in [0.15, 0.2) is 0 Å². The number of nitrogens with zero attached hydrogens (tertiary/aromatic N) is 2. The molecule has 1 N–H and O–H groups in total. The van der Waals surface area contributed by atoms with E-state index >= 15 is 0 Å². The van der Waals surface area contributed by atoms with Crippen molar-refractivity contribution >= 4 is 23.4 Å². The van der Waals surface area contributed by atoms with Gasteiger partial charge in [0, 0.05) is 29.5 Å². The van der Waals surface area contributed by atoms with Crippen molar-refractivity contribution in [2.24, 2.45) is 0 Å². The summed E-state index contributed by atoms with van der Waals surface area (Å²) in [6.07, 6.45) is 1.33. The van der Waals surface area contributed by atoms with Crippen molar-refractivity contribution in [1.82, 2.24) is 0 Å². The number of rotatable bonds is 5. The highest BCUT2D eigenvalue weighted by Gasteiger charge is 2.14. The molecule has 3 aromatic rings. The molecule has 0 aliphatic heterocycles. The summed E-state index contributed by atoms with van der Waals surface area (Å²) in [5.74, 6) is 0.140. The molecule has 0 atom stereocenters. The fourth-order valence-electron chi connectivity index (χ4n) is 2.71. The fourth-order valence-corrected chi connectivity index (χ4v) is 2.71. The first-order valence-electron chi connectivity index (χ1n) is 8.72. The minimum atomic E-state index is -0.547. The van der Waals surface area contributed by atoms with E-state index in [0.717, 1.165) is 11.1 Å². The highest BCUT2D eigenvalue weighted by molar-refractivity contribution is 6.09. The number of nitro benzene ring substituents is 1. The molecule has 0 saturated heterocycles. The maximum atomic E-state index is 12.5. The number of carbonyl (C=O) groups excluding carboxylic acids is 1. The van der Waals surface area contributed by atoms with Crippen LogP contribution in [-0.4, -0.2) is 10.8 Å². The van der Waals surface area contributed by atoms with Gasteiger partial charge in [0.2, 0.25) is 0 Å². The predicted octanol–water partition coefficient (Wildman–Crippen LogP) is 5.02. The summed E-state index contributed by atoms with van der Waals surface area (Å²) in [4.78, 5) is 22.9. The monoisotopic (exact) mass is 387 g/mol. The van der Waals surface area contributed by atoms with Crippen LogP contribution in [0.4, 0.5) is 11.4 Å². The van der Waals surface area contributed by atoms with Crippen molar-refractivity contribution in [3.63, 3.8) is 0 Å². The molecule has 0 aliphatic rings. The van der Waals surface area contributed by atoms with Gasteiger partial charge in [0.1, 0.15) is 23.2 Å². The van der Waals surface area contributed by atoms with Crippen LogP contribution < -0.4 is 5.32 Å².